The lowest BCUT2D eigenvalue weighted by Gasteiger charge is -2.10. The minimum absolute atomic E-state index is 0. The van der Waals surface area contributed by atoms with Gasteiger partial charge in [-0.15, -0.1) is 12.4 Å². The van der Waals surface area contributed by atoms with Gasteiger partial charge in [-0.2, -0.15) is 0 Å². The molecule has 5 nitrogen and oxygen atoms in total. The van der Waals surface area contributed by atoms with Crippen LogP contribution in [0.2, 0.25) is 0 Å². The zero-order valence-corrected chi connectivity index (χ0v) is 10.3. The van der Waals surface area contributed by atoms with Crippen molar-refractivity contribution in [2.75, 3.05) is 13.1 Å². The SMILES string of the molecule is CCNC(=O)CNC(=O)C1CCC(N)C1.Cl. The topological polar surface area (TPSA) is 84.2 Å². The molecule has 2 amide bonds. The van der Waals surface area contributed by atoms with Gasteiger partial charge in [0.25, 0.3) is 0 Å². The number of carbonyl (C=O) groups excluding carboxylic acids is 2. The number of hydrogen-bond donors (Lipinski definition) is 3. The first-order chi connectivity index (χ1) is 7.13. The Morgan fingerprint density at radius 2 is 2.00 bits per heavy atom. The van der Waals surface area contributed by atoms with E-state index < -0.39 is 0 Å². The Kier molecular flexibility index (Phi) is 7.08. The third kappa shape index (κ3) is 4.81. The third-order valence-electron chi connectivity index (χ3n) is 2.64. The zero-order valence-electron chi connectivity index (χ0n) is 9.49. The summed E-state index contributed by atoms with van der Waals surface area (Å²) >= 11 is 0. The van der Waals surface area contributed by atoms with Gasteiger partial charge in [0.05, 0.1) is 6.54 Å². The first-order valence-electron chi connectivity index (χ1n) is 5.43. The van der Waals surface area contributed by atoms with Crippen LogP contribution < -0.4 is 16.4 Å². The molecule has 0 aromatic carbocycles. The highest BCUT2D eigenvalue weighted by Gasteiger charge is 2.27. The maximum absolute atomic E-state index is 11.6. The Bertz CT molecular complexity index is 248. The molecule has 6 heteroatoms. The molecule has 0 aromatic heterocycles. The summed E-state index contributed by atoms with van der Waals surface area (Å²) in [4.78, 5) is 22.6. The lowest BCUT2D eigenvalue weighted by atomic mass is 10.1. The van der Waals surface area contributed by atoms with Crippen LogP contribution in [0.1, 0.15) is 26.2 Å². The van der Waals surface area contributed by atoms with Crippen LogP contribution in [0.4, 0.5) is 0 Å². The molecule has 0 spiro atoms. The Morgan fingerprint density at radius 3 is 2.50 bits per heavy atom. The van der Waals surface area contributed by atoms with Gasteiger partial charge in [-0.1, -0.05) is 0 Å². The molecule has 2 unspecified atom stereocenters. The Hall–Kier alpha value is -0.810. The molecular formula is C10H20ClN3O2. The molecule has 0 aromatic rings. The van der Waals surface area contributed by atoms with E-state index in [9.17, 15) is 9.59 Å². The average molecular weight is 250 g/mol. The van der Waals surface area contributed by atoms with E-state index in [1.54, 1.807) is 0 Å². The maximum atomic E-state index is 11.6. The van der Waals surface area contributed by atoms with E-state index in [1.807, 2.05) is 6.92 Å². The second-order valence-electron chi connectivity index (χ2n) is 3.94. The standard InChI is InChI=1S/C10H19N3O2.ClH/c1-2-12-9(14)6-13-10(15)7-3-4-8(11)5-7;/h7-8H,2-6,11H2,1H3,(H,12,14)(H,13,15);1H. The van der Waals surface area contributed by atoms with Gasteiger partial charge in [-0.3, -0.25) is 9.59 Å². The van der Waals surface area contributed by atoms with Gasteiger partial charge in [0.2, 0.25) is 11.8 Å². The fourth-order valence-corrected chi connectivity index (χ4v) is 1.83. The van der Waals surface area contributed by atoms with E-state index in [1.165, 1.54) is 0 Å². The van der Waals surface area contributed by atoms with Crippen LogP contribution in [0.5, 0.6) is 0 Å². The summed E-state index contributed by atoms with van der Waals surface area (Å²) in [5.41, 5.74) is 5.71. The van der Waals surface area contributed by atoms with E-state index in [4.69, 9.17) is 5.73 Å². The van der Waals surface area contributed by atoms with Crippen LogP contribution in [0.15, 0.2) is 0 Å². The largest absolute Gasteiger partial charge is 0.355 e. The molecule has 16 heavy (non-hydrogen) atoms. The van der Waals surface area contributed by atoms with Crippen LogP contribution in [0.25, 0.3) is 0 Å². The molecule has 0 radical (unpaired) electrons. The quantitative estimate of drug-likeness (QED) is 0.645. The lowest BCUT2D eigenvalue weighted by Crippen LogP contribution is -2.39. The van der Waals surface area contributed by atoms with E-state index >= 15 is 0 Å². The number of nitrogens with one attached hydrogen (secondary N) is 2. The molecule has 1 fully saturated rings. The minimum atomic E-state index is -0.145. The van der Waals surface area contributed by atoms with Gasteiger partial charge in [0.15, 0.2) is 0 Å². The smallest absolute Gasteiger partial charge is 0.239 e. The number of likely N-dealkylation sites (N-methyl/N-ethyl adjacent to an activating group) is 1. The number of nitrogens with two attached hydrogens (primary N) is 1. The van der Waals surface area contributed by atoms with Gasteiger partial charge in [-0.25, -0.2) is 0 Å². The van der Waals surface area contributed by atoms with Crippen molar-refractivity contribution in [2.24, 2.45) is 11.7 Å². The number of hydrogen-bond acceptors (Lipinski definition) is 3. The second kappa shape index (κ2) is 7.46. The molecule has 0 bridgehead atoms. The first-order valence-corrected chi connectivity index (χ1v) is 5.43. The van der Waals surface area contributed by atoms with Crippen molar-refractivity contribution in [1.29, 1.82) is 0 Å². The van der Waals surface area contributed by atoms with Crippen molar-refractivity contribution in [1.82, 2.24) is 10.6 Å². The molecule has 4 N–H and O–H groups in total. The molecule has 0 heterocycles. The molecule has 94 valence electrons. The van der Waals surface area contributed by atoms with E-state index in [2.05, 4.69) is 10.6 Å². The lowest BCUT2D eigenvalue weighted by molar-refractivity contribution is -0.128. The number of rotatable bonds is 4. The summed E-state index contributed by atoms with van der Waals surface area (Å²) in [6.45, 7) is 2.50. The van der Waals surface area contributed by atoms with Crippen LogP contribution in [0, 0.1) is 5.92 Å². The highest BCUT2D eigenvalue weighted by atomic mass is 35.5. The Morgan fingerprint density at radius 1 is 1.31 bits per heavy atom. The van der Waals surface area contributed by atoms with Crippen LogP contribution in [-0.4, -0.2) is 30.9 Å². The highest BCUT2D eigenvalue weighted by Crippen LogP contribution is 2.23. The van der Waals surface area contributed by atoms with Crippen molar-refractivity contribution >= 4 is 24.2 Å². The summed E-state index contributed by atoms with van der Waals surface area (Å²) in [6, 6.07) is 0.144. The summed E-state index contributed by atoms with van der Waals surface area (Å²) in [7, 11) is 0. The fourth-order valence-electron chi connectivity index (χ4n) is 1.83. The monoisotopic (exact) mass is 249 g/mol. The van der Waals surface area contributed by atoms with Crippen molar-refractivity contribution in [3.63, 3.8) is 0 Å². The Labute approximate surface area is 102 Å². The van der Waals surface area contributed by atoms with Crippen molar-refractivity contribution in [3.05, 3.63) is 0 Å². The van der Waals surface area contributed by atoms with Crippen LogP contribution in [0.3, 0.4) is 0 Å². The Balaban J connectivity index is 0.00000225. The van der Waals surface area contributed by atoms with Crippen molar-refractivity contribution in [3.8, 4) is 0 Å². The molecular weight excluding hydrogens is 230 g/mol. The van der Waals surface area contributed by atoms with Gasteiger partial charge in [0, 0.05) is 18.5 Å². The van der Waals surface area contributed by atoms with Gasteiger partial charge < -0.3 is 16.4 Å². The summed E-state index contributed by atoms with van der Waals surface area (Å²) in [6.07, 6.45) is 2.48. The highest BCUT2D eigenvalue weighted by molar-refractivity contribution is 5.86. The van der Waals surface area contributed by atoms with Gasteiger partial charge in [-0.05, 0) is 26.2 Å². The molecule has 0 saturated heterocycles. The van der Waals surface area contributed by atoms with E-state index in [0.29, 0.717) is 6.54 Å². The normalized spacial score (nSPS) is 23.4. The maximum Gasteiger partial charge on any atom is 0.239 e. The molecule has 0 aliphatic heterocycles. The fraction of sp³-hybridized carbons (Fsp3) is 0.800. The second-order valence-corrected chi connectivity index (χ2v) is 3.94. The zero-order chi connectivity index (χ0) is 11.3. The van der Waals surface area contributed by atoms with Gasteiger partial charge >= 0.3 is 0 Å². The predicted molar refractivity (Wildman–Crippen MR) is 64.3 cm³/mol. The van der Waals surface area contributed by atoms with Gasteiger partial charge in [0.1, 0.15) is 0 Å². The minimum Gasteiger partial charge on any atom is -0.355 e. The van der Waals surface area contributed by atoms with Crippen molar-refractivity contribution < 1.29 is 9.59 Å². The number of amides is 2. The van der Waals surface area contributed by atoms with E-state index in [-0.39, 0.29) is 42.7 Å². The average Bonchev–Trinajstić information content (AvgIpc) is 2.62. The third-order valence-corrected chi connectivity index (χ3v) is 2.64. The molecule has 1 aliphatic rings. The molecule has 1 rings (SSSR count). The summed E-state index contributed by atoms with van der Waals surface area (Å²) in [5, 5.41) is 5.25. The summed E-state index contributed by atoms with van der Waals surface area (Å²) in [5.74, 6) is -0.197. The predicted octanol–water partition coefficient (Wildman–Crippen LogP) is -0.212. The number of halogens is 1. The van der Waals surface area contributed by atoms with Crippen LogP contribution >= 0.6 is 12.4 Å². The molecule has 2 atom stereocenters. The first kappa shape index (κ1) is 15.2. The van der Waals surface area contributed by atoms with Crippen LogP contribution in [-0.2, 0) is 9.59 Å². The van der Waals surface area contributed by atoms with E-state index in [0.717, 1.165) is 19.3 Å². The van der Waals surface area contributed by atoms with Crippen molar-refractivity contribution in [2.45, 2.75) is 32.2 Å². The molecule has 1 aliphatic carbocycles. The number of carbonyl (C=O) groups is 2. The summed E-state index contributed by atoms with van der Waals surface area (Å²) < 4.78 is 0. The molecule has 1 saturated carbocycles.